The summed E-state index contributed by atoms with van der Waals surface area (Å²) in [7, 11) is 3.93. The first-order chi connectivity index (χ1) is 11.5. The third-order valence-electron chi connectivity index (χ3n) is 3.41. The molecular formula is C17H21FN4O2. The van der Waals surface area contributed by atoms with Gasteiger partial charge in [0.1, 0.15) is 11.5 Å². The molecule has 1 heterocycles. The van der Waals surface area contributed by atoms with Crippen LogP contribution >= 0.6 is 0 Å². The topological polar surface area (TPSA) is 67.2 Å². The van der Waals surface area contributed by atoms with Crippen LogP contribution in [-0.2, 0) is 6.54 Å². The van der Waals surface area contributed by atoms with Crippen molar-refractivity contribution in [2.75, 3.05) is 27.2 Å². The summed E-state index contributed by atoms with van der Waals surface area (Å²) in [6.45, 7) is 1.59. The summed E-state index contributed by atoms with van der Waals surface area (Å²) >= 11 is 0. The van der Waals surface area contributed by atoms with E-state index in [4.69, 9.17) is 0 Å². The molecule has 0 fully saturated rings. The van der Waals surface area contributed by atoms with Crippen molar-refractivity contribution in [1.82, 2.24) is 20.0 Å². The predicted octanol–water partition coefficient (Wildman–Crippen LogP) is 1.11. The molecule has 1 aromatic heterocycles. The van der Waals surface area contributed by atoms with Crippen LogP contribution in [0.25, 0.3) is 0 Å². The molecule has 128 valence electrons. The van der Waals surface area contributed by atoms with Crippen LogP contribution in [0.3, 0.4) is 0 Å². The van der Waals surface area contributed by atoms with Gasteiger partial charge in [-0.1, -0.05) is 12.1 Å². The number of rotatable bonds is 7. The average Bonchev–Trinajstić information content (AvgIpc) is 2.55. The van der Waals surface area contributed by atoms with Crippen molar-refractivity contribution in [3.05, 3.63) is 63.8 Å². The van der Waals surface area contributed by atoms with Crippen molar-refractivity contribution in [2.24, 2.45) is 0 Å². The summed E-state index contributed by atoms with van der Waals surface area (Å²) in [6.07, 6.45) is 0.827. The Morgan fingerprint density at radius 2 is 1.92 bits per heavy atom. The lowest BCUT2D eigenvalue weighted by molar-refractivity contribution is 0.0945. The second kappa shape index (κ2) is 8.35. The molecule has 7 heteroatoms. The van der Waals surface area contributed by atoms with Gasteiger partial charge in [0.15, 0.2) is 0 Å². The molecule has 0 saturated heterocycles. The number of hydrogen-bond acceptors (Lipinski definition) is 4. The molecule has 0 spiro atoms. The molecule has 6 nitrogen and oxygen atoms in total. The summed E-state index contributed by atoms with van der Waals surface area (Å²) in [5.41, 5.74) is 0.597. The van der Waals surface area contributed by atoms with E-state index in [2.05, 4.69) is 10.4 Å². The third-order valence-corrected chi connectivity index (χ3v) is 3.41. The van der Waals surface area contributed by atoms with Crippen LogP contribution in [-0.4, -0.2) is 47.8 Å². The van der Waals surface area contributed by atoms with Crippen LogP contribution in [0.1, 0.15) is 22.5 Å². The lowest BCUT2D eigenvalue weighted by Crippen LogP contribution is -2.31. The van der Waals surface area contributed by atoms with Crippen LogP contribution in [0.5, 0.6) is 0 Å². The monoisotopic (exact) mass is 332 g/mol. The van der Waals surface area contributed by atoms with Gasteiger partial charge < -0.3 is 10.2 Å². The van der Waals surface area contributed by atoms with Crippen LogP contribution in [0, 0.1) is 5.82 Å². The fourth-order valence-corrected chi connectivity index (χ4v) is 2.13. The number of aromatic nitrogens is 2. The predicted molar refractivity (Wildman–Crippen MR) is 89.5 cm³/mol. The first kappa shape index (κ1) is 17.8. The highest BCUT2D eigenvalue weighted by molar-refractivity contribution is 5.91. The van der Waals surface area contributed by atoms with Gasteiger partial charge in [-0.25, -0.2) is 9.07 Å². The van der Waals surface area contributed by atoms with Gasteiger partial charge in [0.2, 0.25) is 0 Å². The largest absolute Gasteiger partial charge is 0.351 e. The fourth-order valence-electron chi connectivity index (χ4n) is 2.13. The van der Waals surface area contributed by atoms with Crippen molar-refractivity contribution in [2.45, 2.75) is 13.0 Å². The molecule has 0 aliphatic rings. The average molecular weight is 332 g/mol. The minimum absolute atomic E-state index is 0.181. The van der Waals surface area contributed by atoms with Gasteiger partial charge in [0.05, 0.1) is 6.54 Å². The molecule has 2 rings (SSSR count). The zero-order chi connectivity index (χ0) is 17.5. The van der Waals surface area contributed by atoms with Gasteiger partial charge in [-0.05, 0) is 50.8 Å². The van der Waals surface area contributed by atoms with Crippen LogP contribution < -0.4 is 10.9 Å². The Morgan fingerprint density at radius 1 is 1.21 bits per heavy atom. The number of carbonyl (C=O) groups excluding carboxylic acids is 1. The molecule has 0 radical (unpaired) electrons. The minimum Gasteiger partial charge on any atom is -0.351 e. The summed E-state index contributed by atoms with van der Waals surface area (Å²) in [6, 6.07) is 8.52. The Kier molecular flexibility index (Phi) is 6.20. The van der Waals surface area contributed by atoms with E-state index in [-0.39, 0.29) is 29.5 Å². The number of amides is 1. The van der Waals surface area contributed by atoms with E-state index in [1.165, 1.54) is 28.9 Å². The molecule has 0 aliphatic carbocycles. The zero-order valence-corrected chi connectivity index (χ0v) is 13.8. The molecule has 24 heavy (non-hydrogen) atoms. The van der Waals surface area contributed by atoms with Gasteiger partial charge in [0.25, 0.3) is 11.5 Å². The summed E-state index contributed by atoms with van der Waals surface area (Å²) in [4.78, 5) is 26.0. The molecule has 0 bridgehead atoms. The van der Waals surface area contributed by atoms with E-state index in [1.807, 2.05) is 19.0 Å². The van der Waals surface area contributed by atoms with Gasteiger partial charge >= 0.3 is 0 Å². The van der Waals surface area contributed by atoms with Crippen LogP contribution in [0.2, 0.25) is 0 Å². The Labute approximate surface area is 139 Å². The van der Waals surface area contributed by atoms with E-state index < -0.39 is 0 Å². The Morgan fingerprint density at radius 3 is 2.58 bits per heavy atom. The second-order valence-electron chi connectivity index (χ2n) is 5.75. The standard InChI is InChI=1S/C17H21FN4O2/c1-21(2)11-3-10-19-17(24)15-8-9-16(23)22(20-15)12-13-4-6-14(18)7-5-13/h4-9H,3,10-12H2,1-2H3,(H,19,24). The van der Waals surface area contributed by atoms with Gasteiger partial charge in [-0.15, -0.1) is 0 Å². The van der Waals surface area contributed by atoms with Crippen molar-refractivity contribution in [1.29, 1.82) is 0 Å². The maximum absolute atomic E-state index is 12.9. The molecule has 0 atom stereocenters. The molecule has 2 aromatic rings. The Balaban J connectivity index is 2.03. The molecule has 1 aromatic carbocycles. The van der Waals surface area contributed by atoms with Crippen LogP contribution in [0.15, 0.2) is 41.2 Å². The number of carbonyl (C=O) groups is 1. The summed E-state index contributed by atoms with van der Waals surface area (Å²) in [5, 5.41) is 6.87. The smallest absolute Gasteiger partial charge is 0.271 e. The van der Waals surface area contributed by atoms with Crippen molar-refractivity contribution in [3.63, 3.8) is 0 Å². The van der Waals surface area contributed by atoms with E-state index in [1.54, 1.807) is 12.1 Å². The number of halogens is 1. The highest BCUT2D eigenvalue weighted by Gasteiger charge is 2.09. The van der Waals surface area contributed by atoms with E-state index in [0.29, 0.717) is 6.54 Å². The van der Waals surface area contributed by atoms with Gasteiger partial charge in [-0.3, -0.25) is 9.59 Å². The highest BCUT2D eigenvalue weighted by atomic mass is 19.1. The minimum atomic E-state index is -0.343. The molecule has 0 aliphatic heterocycles. The fraction of sp³-hybridized carbons (Fsp3) is 0.353. The van der Waals surface area contributed by atoms with Gasteiger partial charge in [-0.2, -0.15) is 5.10 Å². The molecule has 1 N–H and O–H groups in total. The molecule has 0 saturated carbocycles. The second-order valence-corrected chi connectivity index (χ2v) is 5.75. The molecular weight excluding hydrogens is 311 g/mol. The van der Waals surface area contributed by atoms with E-state index in [0.717, 1.165) is 18.5 Å². The quantitative estimate of drug-likeness (QED) is 0.772. The van der Waals surface area contributed by atoms with E-state index in [9.17, 15) is 14.0 Å². The number of nitrogens with one attached hydrogen (secondary N) is 1. The SMILES string of the molecule is CN(C)CCCNC(=O)c1ccc(=O)n(Cc2ccc(F)cc2)n1. The first-order valence-electron chi connectivity index (χ1n) is 7.71. The summed E-state index contributed by atoms with van der Waals surface area (Å²) in [5.74, 6) is -0.661. The maximum atomic E-state index is 12.9. The molecule has 0 unspecified atom stereocenters. The maximum Gasteiger partial charge on any atom is 0.271 e. The lowest BCUT2D eigenvalue weighted by atomic mass is 10.2. The number of hydrogen-bond donors (Lipinski definition) is 1. The van der Waals surface area contributed by atoms with E-state index >= 15 is 0 Å². The first-order valence-corrected chi connectivity index (χ1v) is 7.71. The van der Waals surface area contributed by atoms with Crippen molar-refractivity contribution < 1.29 is 9.18 Å². The van der Waals surface area contributed by atoms with Gasteiger partial charge in [0, 0.05) is 12.6 Å². The Bertz CT molecular complexity index is 741. The lowest BCUT2D eigenvalue weighted by Gasteiger charge is -2.10. The normalized spacial score (nSPS) is 10.8. The molecule has 1 amide bonds. The Hall–Kier alpha value is -2.54. The summed E-state index contributed by atoms with van der Waals surface area (Å²) < 4.78 is 14.1. The number of benzene rings is 1. The van der Waals surface area contributed by atoms with Crippen LogP contribution in [0.4, 0.5) is 4.39 Å². The zero-order valence-electron chi connectivity index (χ0n) is 13.8. The number of nitrogens with zero attached hydrogens (tertiary/aromatic N) is 3. The van der Waals surface area contributed by atoms with Crippen molar-refractivity contribution in [3.8, 4) is 0 Å². The third kappa shape index (κ3) is 5.27. The van der Waals surface area contributed by atoms with Crippen molar-refractivity contribution >= 4 is 5.91 Å². The highest BCUT2D eigenvalue weighted by Crippen LogP contribution is 2.03.